The lowest BCUT2D eigenvalue weighted by atomic mass is 9.67. The molecule has 1 atom stereocenters. The second-order valence-electron chi connectivity index (χ2n) is 8.22. The number of rotatable bonds is 2. The maximum Gasteiger partial charge on any atom is 0.181 e. The van der Waals surface area contributed by atoms with E-state index in [2.05, 4.69) is 29.7 Å². The van der Waals surface area contributed by atoms with E-state index in [0.29, 0.717) is 18.1 Å². The second-order valence-corrected chi connectivity index (χ2v) is 9.10. The third kappa shape index (κ3) is 2.90. The molecule has 1 unspecified atom stereocenters. The van der Waals surface area contributed by atoms with Crippen molar-refractivity contribution < 1.29 is 4.84 Å². The Morgan fingerprint density at radius 2 is 2.12 bits per heavy atom. The van der Waals surface area contributed by atoms with Crippen molar-refractivity contribution in [2.75, 3.05) is 13.1 Å². The molecule has 0 amide bonds. The van der Waals surface area contributed by atoms with Crippen molar-refractivity contribution in [1.82, 2.24) is 10.3 Å². The molecule has 1 saturated carbocycles. The van der Waals surface area contributed by atoms with Gasteiger partial charge in [0.25, 0.3) is 0 Å². The van der Waals surface area contributed by atoms with Crippen LogP contribution in [0, 0.1) is 10.8 Å². The summed E-state index contributed by atoms with van der Waals surface area (Å²) in [7, 11) is 0. The van der Waals surface area contributed by atoms with Crippen LogP contribution in [-0.4, -0.2) is 35.1 Å². The molecule has 1 aliphatic carbocycles. The molecule has 0 bridgehead atoms. The minimum atomic E-state index is -0.518. The van der Waals surface area contributed by atoms with Crippen LogP contribution in [0.15, 0.2) is 10.5 Å². The molecule has 0 radical (unpaired) electrons. The van der Waals surface area contributed by atoms with Gasteiger partial charge >= 0.3 is 0 Å². The van der Waals surface area contributed by atoms with E-state index in [-0.39, 0.29) is 5.41 Å². The maximum atomic E-state index is 8.41. The molecule has 3 aliphatic rings. The smallest absolute Gasteiger partial charge is 0.181 e. The molecule has 2 aliphatic heterocycles. The quantitative estimate of drug-likeness (QED) is 0.858. The topological polar surface area (TPSA) is 70.4 Å². The number of piperidine rings is 1. The summed E-state index contributed by atoms with van der Waals surface area (Å²) in [5, 5.41) is 19.5. The van der Waals surface area contributed by atoms with Gasteiger partial charge in [0, 0.05) is 24.1 Å². The van der Waals surface area contributed by atoms with E-state index in [1.165, 1.54) is 17.8 Å². The summed E-state index contributed by atoms with van der Waals surface area (Å²) >= 11 is 1.75. The van der Waals surface area contributed by atoms with Crippen molar-refractivity contribution >= 4 is 22.8 Å². The van der Waals surface area contributed by atoms with E-state index in [0.717, 1.165) is 43.8 Å². The predicted molar refractivity (Wildman–Crippen MR) is 97.3 cm³/mol. The predicted octanol–water partition coefficient (Wildman–Crippen LogP) is 3.70. The molecule has 1 spiro atoms. The number of hydrogen-bond donors (Lipinski definition) is 2. The standard InChI is InChI=1S/C18H26N4OS/c1-17(2)6-3-15(19)18(11-17)9-13(22-23-18)14-10-24-16(21-14)12-4-7-20-8-5-12/h10,12,19-20H,3-9,11H2,1-2H3. The van der Waals surface area contributed by atoms with Crippen LogP contribution in [-0.2, 0) is 4.84 Å². The van der Waals surface area contributed by atoms with Crippen molar-refractivity contribution in [2.45, 2.75) is 63.9 Å². The lowest BCUT2D eigenvalue weighted by Crippen LogP contribution is -2.46. The highest BCUT2D eigenvalue weighted by atomic mass is 32.1. The van der Waals surface area contributed by atoms with E-state index in [1.807, 2.05) is 0 Å². The summed E-state index contributed by atoms with van der Waals surface area (Å²) in [5.74, 6) is 0.578. The Bertz CT molecular complexity index is 674. The zero-order valence-electron chi connectivity index (χ0n) is 14.5. The first-order valence-electron chi connectivity index (χ1n) is 8.97. The van der Waals surface area contributed by atoms with Gasteiger partial charge in [-0.2, -0.15) is 0 Å². The highest BCUT2D eigenvalue weighted by molar-refractivity contribution is 7.10. The largest absolute Gasteiger partial charge is 0.382 e. The third-order valence-corrected chi connectivity index (χ3v) is 6.66. The molecule has 5 nitrogen and oxygen atoms in total. The number of nitrogens with one attached hydrogen (secondary N) is 2. The van der Waals surface area contributed by atoms with E-state index in [4.69, 9.17) is 15.2 Å². The lowest BCUT2D eigenvalue weighted by Gasteiger charge is -2.40. The number of nitrogens with zero attached hydrogens (tertiary/aromatic N) is 2. The Kier molecular flexibility index (Phi) is 4.00. The fourth-order valence-corrected chi connectivity index (χ4v) is 5.21. The fourth-order valence-electron chi connectivity index (χ4n) is 4.21. The van der Waals surface area contributed by atoms with Gasteiger partial charge in [0.2, 0.25) is 0 Å². The molecule has 1 aromatic heterocycles. The van der Waals surface area contributed by atoms with Gasteiger partial charge in [-0.05, 0) is 44.2 Å². The second kappa shape index (κ2) is 5.92. The summed E-state index contributed by atoms with van der Waals surface area (Å²) < 4.78 is 0. The SMILES string of the molecule is CC1(C)CCC(=N)C2(CC(c3csc(C4CCNCC4)n3)=NO2)C1. The molecule has 3 heterocycles. The Morgan fingerprint density at radius 3 is 2.92 bits per heavy atom. The highest BCUT2D eigenvalue weighted by Gasteiger charge is 2.50. The molecule has 1 saturated heterocycles. The van der Waals surface area contributed by atoms with Crippen molar-refractivity contribution in [2.24, 2.45) is 10.6 Å². The summed E-state index contributed by atoms with van der Waals surface area (Å²) in [5.41, 5.74) is 2.28. The zero-order valence-corrected chi connectivity index (χ0v) is 15.3. The first kappa shape index (κ1) is 16.2. The average molecular weight is 347 g/mol. The van der Waals surface area contributed by atoms with E-state index in [9.17, 15) is 0 Å². The molecule has 130 valence electrons. The van der Waals surface area contributed by atoms with E-state index < -0.39 is 5.60 Å². The van der Waals surface area contributed by atoms with Crippen LogP contribution in [0.5, 0.6) is 0 Å². The summed E-state index contributed by atoms with van der Waals surface area (Å²) in [6.45, 7) is 6.69. The van der Waals surface area contributed by atoms with Crippen LogP contribution in [0.2, 0.25) is 0 Å². The normalized spacial score (nSPS) is 30.4. The van der Waals surface area contributed by atoms with Gasteiger partial charge in [0.1, 0.15) is 5.71 Å². The molecule has 0 aromatic carbocycles. The Morgan fingerprint density at radius 1 is 1.33 bits per heavy atom. The van der Waals surface area contributed by atoms with Crippen LogP contribution in [0.25, 0.3) is 0 Å². The van der Waals surface area contributed by atoms with Gasteiger partial charge in [-0.25, -0.2) is 4.98 Å². The van der Waals surface area contributed by atoms with Gasteiger partial charge in [-0.3, -0.25) is 0 Å². The third-order valence-electron chi connectivity index (χ3n) is 5.66. The van der Waals surface area contributed by atoms with Crippen LogP contribution in [0.3, 0.4) is 0 Å². The molecule has 6 heteroatoms. The Hall–Kier alpha value is -1.27. The van der Waals surface area contributed by atoms with Gasteiger partial charge in [-0.15, -0.1) is 11.3 Å². The number of thiazole rings is 1. The van der Waals surface area contributed by atoms with Gasteiger partial charge in [0.15, 0.2) is 5.60 Å². The van der Waals surface area contributed by atoms with Gasteiger partial charge in [-0.1, -0.05) is 19.0 Å². The van der Waals surface area contributed by atoms with Crippen molar-refractivity contribution in [3.05, 3.63) is 16.1 Å². The fraction of sp³-hybridized carbons (Fsp3) is 0.722. The van der Waals surface area contributed by atoms with E-state index in [1.54, 1.807) is 11.3 Å². The van der Waals surface area contributed by atoms with Gasteiger partial charge in [0.05, 0.1) is 16.4 Å². The molecular weight excluding hydrogens is 320 g/mol. The molecule has 1 aromatic rings. The minimum Gasteiger partial charge on any atom is -0.382 e. The van der Waals surface area contributed by atoms with Crippen LogP contribution in [0.4, 0.5) is 0 Å². The summed E-state index contributed by atoms with van der Waals surface area (Å²) in [6.07, 6.45) is 5.77. The van der Waals surface area contributed by atoms with Crippen LogP contribution >= 0.6 is 11.3 Å². The molecule has 2 N–H and O–H groups in total. The van der Waals surface area contributed by atoms with Gasteiger partial charge < -0.3 is 15.6 Å². The number of aromatic nitrogens is 1. The molecule has 4 rings (SSSR count). The van der Waals surface area contributed by atoms with E-state index >= 15 is 0 Å². The van der Waals surface area contributed by atoms with Crippen molar-refractivity contribution in [3.8, 4) is 0 Å². The minimum absolute atomic E-state index is 0.206. The molecule has 2 fully saturated rings. The Labute approximate surface area is 147 Å². The van der Waals surface area contributed by atoms with Crippen LogP contribution in [0.1, 0.15) is 69.0 Å². The van der Waals surface area contributed by atoms with Crippen molar-refractivity contribution in [3.63, 3.8) is 0 Å². The zero-order chi connectivity index (χ0) is 16.8. The molecule has 24 heavy (non-hydrogen) atoms. The average Bonchev–Trinajstić information content (AvgIpc) is 3.20. The van der Waals surface area contributed by atoms with Crippen molar-refractivity contribution in [1.29, 1.82) is 5.41 Å². The maximum absolute atomic E-state index is 8.41. The monoisotopic (exact) mass is 346 g/mol. The summed E-state index contributed by atoms with van der Waals surface area (Å²) in [4.78, 5) is 10.7. The number of oxime groups is 1. The molecular formula is C18H26N4OS. The first-order valence-corrected chi connectivity index (χ1v) is 9.85. The first-order chi connectivity index (χ1) is 11.5. The number of hydrogen-bond acceptors (Lipinski definition) is 6. The lowest BCUT2D eigenvalue weighted by molar-refractivity contribution is -0.00976. The summed E-state index contributed by atoms with van der Waals surface area (Å²) in [6, 6.07) is 0. The van der Waals surface area contributed by atoms with Crippen LogP contribution < -0.4 is 5.32 Å². The Balaban J connectivity index is 1.50. The highest BCUT2D eigenvalue weighted by Crippen LogP contribution is 2.45.